The van der Waals surface area contributed by atoms with E-state index in [4.69, 9.17) is 4.74 Å². The molecule has 1 aromatic carbocycles. The summed E-state index contributed by atoms with van der Waals surface area (Å²) in [6.45, 7) is 2.72. The van der Waals surface area contributed by atoms with Crippen molar-refractivity contribution in [1.29, 1.82) is 0 Å². The van der Waals surface area contributed by atoms with Gasteiger partial charge in [-0.15, -0.1) is 11.3 Å². The quantitative estimate of drug-likeness (QED) is 0.745. The fourth-order valence-electron chi connectivity index (χ4n) is 1.72. The summed E-state index contributed by atoms with van der Waals surface area (Å²) in [4.78, 5) is 1.20. The van der Waals surface area contributed by atoms with Gasteiger partial charge in [0.05, 0.1) is 3.79 Å². The summed E-state index contributed by atoms with van der Waals surface area (Å²) in [6.07, 6.45) is 0. The van der Waals surface area contributed by atoms with Crippen molar-refractivity contribution < 1.29 is 4.74 Å². The van der Waals surface area contributed by atoms with E-state index in [1.807, 2.05) is 25.2 Å². The Morgan fingerprint density at radius 3 is 2.68 bits per heavy atom. The molecule has 0 aliphatic carbocycles. The lowest BCUT2D eigenvalue weighted by Crippen LogP contribution is -2.13. The van der Waals surface area contributed by atoms with Gasteiger partial charge in [-0.2, -0.15) is 0 Å². The summed E-state index contributed by atoms with van der Waals surface area (Å²) in [5.41, 5.74) is 1.17. The van der Waals surface area contributed by atoms with Crippen LogP contribution >= 0.6 is 43.2 Å². The van der Waals surface area contributed by atoms with Crippen LogP contribution in [0.5, 0.6) is 5.75 Å². The molecule has 0 aliphatic rings. The van der Waals surface area contributed by atoms with Crippen LogP contribution in [0.4, 0.5) is 0 Å². The first-order chi connectivity index (χ1) is 9.10. The largest absolute Gasteiger partial charge is 0.488 e. The van der Waals surface area contributed by atoms with Crippen LogP contribution in [0.25, 0.3) is 0 Å². The maximum absolute atomic E-state index is 5.96. The van der Waals surface area contributed by atoms with Crippen LogP contribution in [0.15, 0.2) is 38.6 Å². The molecule has 0 amide bonds. The lowest BCUT2D eigenvalue weighted by atomic mass is 10.1. The fraction of sp³-hybridized carbons (Fsp3) is 0.286. The molecule has 2 rings (SSSR count). The van der Waals surface area contributed by atoms with E-state index in [0.717, 1.165) is 14.0 Å². The zero-order valence-electron chi connectivity index (χ0n) is 10.7. The van der Waals surface area contributed by atoms with E-state index < -0.39 is 0 Å². The highest BCUT2D eigenvalue weighted by Crippen LogP contribution is 2.30. The molecule has 0 radical (unpaired) electrons. The second kappa shape index (κ2) is 6.88. The van der Waals surface area contributed by atoms with Crippen LogP contribution in [0.2, 0.25) is 0 Å². The highest BCUT2D eigenvalue weighted by atomic mass is 79.9. The number of benzene rings is 1. The second-order valence-corrected chi connectivity index (χ2v) is 7.65. The number of hydrogen-bond donors (Lipinski definition) is 1. The molecule has 1 unspecified atom stereocenters. The van der Waals surface area contributed by atoms with Gasteiger partial charge in [-0.05, 0) is 54.2 Å². The highest BCUT2D eigenvalue weighted by molar-refractivity contribution is 9.11. The third-order valence-corrected chi connectivity index (χ3v) is 4.96. The third-order valence-electron chi connectivity index (χ3n) is 2.87. The van der Waals surface area contributed by atoms with E-state index in [2.05, 4.69) is 56.2 Å². The van der Waals surface area contributed by atoms with Crippen molar-refractivity contribution in [2.24, 2.45) is 0 Å². The summed E-state index contributed by atoms with van der Waals surface area (Å²) >= 11 is 8.65. The topological polar surface area (TPSA) is 21.3 Å². The molecule has 5 heteroatoms. The molecule has 102 valence electrons. The Balaban J connectivity index is 2.16. The average Bonchev–Trinajstić information content (AvgIpc) is 2.81. The highest BCUT2D eigenvalue weighted by Gasteiger charge is 2.11. The maximum Gasteiger partial charge on any atom is 0.125 e. The lowest BCUT2D eigenvalue weighted by molar-refractivity contribution is 0.303. The molecule has 0 spiro atoms. The molecule has 0 bridgehead atoms. The van der Waals surface area contributed by atoms with Gasteiger partial charge in [0, 0.05) is 21.0 Å². The van der Waals surface area contributed by atoms with Gasteiger partial charge in [-0.25, -0.2) is 0 Å². The fourth-order valence-corrected chi connectivity index (χ4v) is 3.46. The standard InChI is InChI=1S/C14H15Br2NOS/c1-9(17-2)12-5-3-10(15)7-13(12)18-8-11-4-6-14(16)19-11/h3-7,9,17H,8H2,1-2H3. The molecule has 1 atom stereocenters. The molecule has 0 saturated heterocycles. The van der Waals surface area contributed by atoms with Crippen LogP contribution in [-0.4, -0.2) is 7.05 Å². The molecular weight excluding hydrogens is 390 g/mol. The Morgan fingerprint density at radius 1 is 1.26 bits per heavy atom. The maximum atomic E-state index is 5.96. The number of nitrogens with one attached hydrogen (secondary N) is 1. The Bertz CT molecular complexity index is 556. The normalized spacial score (nSPS) is 12.4. The lowest BCUT2D eigenvalue weighted by Gasteiger charge is -2.16. The van der Waals surface area contributed by atoms with Crippen molar-refractivity contribution >= 4 is 43.2 Å². The molecule has 0 aliphatic heterocycles. The molecule has 0 saturated carbocycles. The van der Waals surface area contributed by atoms with Crippen molar-refractivity contribution in [2.45, 2.75) is 19.6 Å². The van der Waals surface area contributed by atoms with E-state index >= 15 is 0 Å². The monoisotopic (exact) mass is 403 g/mol. The minimum Gasteiger partial charge on any atom is -0.488 e. The molecule has 1 heterocycles. The third kappa shape index (κ3) is 4.05. The number of ether oxygens (including phenoxy) is 1. The van der Waals surface area contributed by atoms with Crippen LogP contribution in [0, 0.1) is 0 Å². The van der Waals surface area contributed by atoms with Crippen molar-refractivity contribution in [1.82, 2.24) is 5.32 Å². The molecule has 2 nitrogen and oxygen atoms in total. The van der Waals surface area contributed by atoms with E-state index in [9.17, 15) is 0 Å². The van der Waals surface area contributed by atoms with Crippen LogP contribution in [0.3, 0.4) is 0 Å². The minimum absolute atomic E-state index is 0.262. The van der Waals surface area contributed by atoms with E-state index in [1.54, 1.807) is 11.3 Å². The Morgan fingerprint density at radius 2 is 2.05 bits per heavy atom. The van der Waals surface area contributed by atoms with E-state index in [1.165, 1.54) is 10.4 Å². The predicted octanol–water partition coefficient (Wildman–Crippen LogP) is 5.13. The van der Waals surface area contributed by atoms with Gasteiger partial charge in [-0.1, -0.05) is 22.0 Å². The van der Waals surface area contributed by atoms with Crippen LogP contribution < -0.4 is 10.1 Å². The SMILES string of the molecule is CNC(C)c1ccc(Br)cc1OCc1ccc(Br)s1. The van der Waals surface area contributed by atoms with Gasteiger partial charge < -0.3 is 10.1 Å². The molecular formula is C14H15Br2NOS. The van der Waals surface area contributed by atoms with Gasteiger partial charge in [0.25, 0.3) is 0 Å². The second-order valence-electron chi connectivity index (χ2n) is 4.19. The summed E-state index contributed by atoms with van der Waals surface area (Å²) in [5, 5.41) is 3.24. The summed E-state index contributed by atoms with van der Waals surface area (Å²) in [7, 11) is 1.95. The number of halogens is 2. The van der Waals surface area contributed by atoms with Gasteiger partial charge in [-0.3, -0.25) is 0 Å². The van der Waals surface area contributed by atoms with Crippen molar-refractivity contribution in [3.8, 4) is 5.75 Å². The minimum atomic E-state index is 0.262. The number of thiophene rings is 1. The molecule has 19 heavy (non-hydrogen) atoms. The summed E-state index contributed by atoms with van der Waals surface area (Å²) < 4.78 is 8.12. The van der Waals surface area contributed by atoms with Crippen molar-refractivity contribution in [3.05, 3.63) is 49.0 Å². The Kier molecular flexibility index (Phi) is 5.45. The average molecular weight is 405 g/mol. The zero-order valence-corrected chi connectivity index (χ0v) is 14.7. The molecule has 0 fully saturated rings. The first-order valence-corrected chi connectivity index (χ1v) is 8.34. The smallest absolute Gasteiger partial charge is 0.125 e. The summed E-state index contributed by atoms with van der Waals surface area (Å²) in [5.74, 6) is 0.917. The van der Waals surface area contributed by atoms with Gasteiger partial charge in [0.15, 0.2) is 0 Å². The van der Waals surface area contributed by atoms with E-state index in [0.29, 0.717) is 6.61 Å². The first-order valence-electron chi connectivity index (χ1n) is 5.94. The van der Waals surface area contributed by atoms with Crippen molar-refractivity contribution in [3.63, 3.8) is 0 Å². The predicted molar refractivity (Wildman–Crippen MR) is 88.0 cm³/mol. The van der Waals surface area contributed by atoms with Crippen LogP contribution in [0.1, 0.15) is 23.4 Å². The molecule has 1 N–H and O–H groups in total. The van der Waals surface area contributed by atoms with Gasteiger partial charge in [0.2, 0.25) is 0 Å². The first kappa shape index (κ1) is 15.0. The van der Waals surface area contributed by atoms with E-state index in [-0.39, 0.29) is 6.04 Å². The number of hydrogen-bond acceptors (Lipinski definition) is 3. The molecule has 1 aromatic heterocycles. The van der Waals surface area contributed by atoms with Gasteiger partial charge in [0.1, 0.15) is 12.4 Å². The summed E-state index contributed by atoms with van der Waals surface area (Å²) in [6, 6.07) is 10.5. The van der Waals surface area contributed by atoms with Crippen molar-refractivity contribution in [2.75, 3.05) is 7.05 Å². The zero-order chi connectivity index (χ0) is 13.8. The Hall–Kier alpha value is -0.360. The number of rotatable bonds is 5. The van der Waals surface area contributed by atoms with Crippen LogP contribution in [-0.2, 0) is 6.61 Å². The molecule has 2 aromatic rings. The van der Waals surface area contributed by atoms with Gasteiger partial charge >= 0.3 is 0 Å². The Labute approximate surface area is 134 Å².